The largest absolute Gasteiger partial charge is 0.419 e. The van der Waals surface area contributed by atoms with Gasteiger partial charge < -0.3 is 10.0 Å². The molecule has 10 heteroatoms. The number of carbonyl (C=O) groups excluding carboxylic acids is 2. The zero-order chi connectivity index (χ0) is 22.2. The van der Waals surface area contributed by atoms with E-state index >= 15 is 0 Å². The molecular weight excluding hydrogens is 413 g/mol. The molecule has 164 valence electrons. The summed E-state index contributed by atoms with van der Waals surface area (Å²) in [4.78, 5) is 33.3. The van der Waals surface area contributed by atoms with E-state index in [0.717, 1.165) is 11.0 Å². The number of aliphatic hydroxyl groups is 1. The molecule has 2 amide bonds. The first-order valence-electron chi connectivity index (χ1n) is 9.88. The number of alkyl halides is 3. The molecule has 4 rings (SSSR count). The Bertz CT molecular complexity index is 955. The third-order valence-corrected chi connectivity index (χ3v) is 5.50. The number of nitrogens with zero attached hydrogens (tertiary/aromatic N) is 4. The van der Waals surface area contributed by atoms with Crippen molar-refractivity contribution in [2.75, 3.05) is 44.2 Å². The van der Waals surface area contributed by atoms with Crippen molar-refractivity contribution in [3.8, 4) is 0 Å². The Morgan fingerprint density at radius 2 is 1.55 bits per heavy atom. The predicted molar refractivity (Wildman–Crippen MR) is 106 cm³/mol. The number of carbonyl (C=O) groups is 2. The second kappa shape index (κ2) is 8.27. The number of anilines is 1. The smallest absolute Gasteiger partial charge is 0.390 e. The van der Waals surface area contributed by atoms with E-state index in [2.05, 4.69) is 4.98 Å². The molecule has 0 radical (unpaired) electrons. The van der Waals surface area contributed by atoms with Crippen LogP contribution in [0.3, 0.4) is 0 Å². The first-order valence-corrected chi connectivity index (χ1v) is 9.88. The van der Waals surface area contributed by atoms with Gasteiger partial charge in [-0.25, -0.2) is 4.98 Å². The molecule has 1 aromatic heterocycles. The van der Waals surface area contributed by atoms with E-state index in [0.29, 0.717) is 37.3 Å². The molecule has 1 N–H and O–H groups in total. The Hall–Kier alpha value is -2.98. The number of imide groups is 1. The van der Waals surface area contributed by atoms with Gasteiger partial charge in [0, 0.05) is 38.9 Å². The zero-order valence-corrected chi connectivity index (χ0v) is 16.5. The number of amides is 2. The van der Waals surface area contributed by atoms with Crippen molar-refractivity contribution in [3.05, 3.63) is 59.3 Å². The van der Waals surface area contributed by atoms with Gasteiger partial charge in [0.25, 0.3) is 11.8 Å². The van der Waals surface area contributed by atoms with E-state index in [9.17, 15) is 27.9 Å². The van der Waals surface area contributed by atoms with E-state index in [1.54, 1.807) is 29.2 Å². The van der Waals surface area contributed by atoms with Crippen LogP contribution in [-0.4, -0.2) is 77.1 Å². The molecule has 2 aliphatic heterocycles. The quantitative estimate of drug-likeness (QED) is 0.725. The Kier molecular flexibility index (Phi) is 5.67. The van der Waals surface area contributed by atoms with Crippen molar-refractivity contribution in [2.24, 2.45) is 0 Å². The molecule has 0 bridgehead atoms. The van der Waals surface area contributed by atoms with Crippen LogP contribution in [0, 0.1) is 0 Å². The molecule has 0 saturated carbocycles. The molecule has 2 aromatic rings. The molecule has 1 unspecified atom stereocenters. The fourth-order valence-electron chi connectivity index (χ4n) is 3.98. The van der Waals surface area contributed by atoms with Crippen molar-refractivity contribution in [1.82, 2.24) is 14.8 Å². The van der Waals surface area contributed by atoms with Crippen LogP contribution in [0.4, 0.5) is 19.0 Å². The van der Waals surface area contributed by atoms with E-state index < -0.39 is 29.7 Å². The van der Waals surface area contributed by atoms with Crippen LogP contribution >= 0.6 is 0 Å². The molecule has 3 heterocycles. The van der Waals surface area contributed by atoms with Gasteiger partial charge in [-0.2, -0.15) is 13.2 Å². The lowest BCUT2D eigenvalue weighted by atomic mass is 10.1. The first kappa shape index (κ1) is 21.3. The molecular formula is C21H21F3N4O3. The fraction of sp³-hybridized carbons (Fsp3) is 0.381. The number of benzene rings is 1. The fourth-order valence-corrected chi connectivity index (χ4v) is 3.98. The highest BCUT2D eigenvalue weighted by atomic mass is 19.4. The molecule has 1 fully saturated rings. The van der Waals surface area contributed by atoms with Crippen molar-refractivity contribution in [3.63, 3.8) is 0 Å². The molecule has 1 saturated heterocycles. The predicted octanol–water partition coefficient (Wildman–Crippen LogP) is 1.88. The Morgan fingerprint density at radius 3 is 2.13 bits per heavy atom. The van der Waals surface area contributed by atoms with Crippen LogP contribution in [0.25, 0.3) is 0 Å². The number of aromatic nitrogens is 1. The maximum Gasteiger partial charge on any atom is 0.419 e. The molecule has 7 nitrogen and oxygen atoms in total. The third-order valence-electron chi connectivity index (χ3n) is 5.50. The second-order valence-electron chi connectivity index (χ2n) is 7.58. The Balaban J connectivity index is 1.33. The highest BCUT2D eigenvalue weighted by molar-refractivity contribution is 6.21. The lowest BCUT2D eigenvalue weighted by molar-refractivity contribution is -0.137. The normalized spacial score (nSPS) is 18.5. The van der Waals surface area contributed by atoms with E-state index in [4.69, 9.17) is 0 Å². The van der Waals surface area contributed by atoms with Gasteiger partial charge in [0.05, 0.1) is 29.3 Å². The summed E-state index contributed by atoms with van der Waals surface area (Å²) in [6, 6.07) is 8.78. The van der Waals surface area contributed by atoms with Gasteiger partial charge in [0.15, 0.2) is 0 Å². The summed E-state index contributed by atoms with van der Waals surface area (Å²) in [6.07, 6.45) is -4.11. The molecule has 0 aliphatic carbocycles. The van der Waals surface area contributed by atoms with E-state index in [1.807, 2.05) is 4.90 Å². The average Bonchev–Trinajstić information content (AvgIpc) is 2.99. The minimum Gasteiger partial charge on any atom is -0.390 e. The van der Waals surface area contributed by atoms with E-state index in [-0.39, 0.29) is 18.9 Å². The number of pyridine rings is 1. The zero-order valence-electron chi connectivity index (χ0n) is 16.5. The summed E-state index contributed by atoms with van der Waals surface area (Å²) >= 11 is 0. The maximum atomic E-state index is 13.2. The van der Waals surface area contributed by atoms with Gasteiger partial charge in [-0.15, -0.1) is 0 Å². The number of hydrogen-bond acceptors (Lipinski definition) is 6. The van der Waals surface area contributed by atoms with Crippen LogP contribution < -0.4 is 4.90 Å². The van der Waals surface area contributed by atoms with Crippen LogP contribution in [0.1, 0.15) is 26.3 Å². The number of fused-ring (bicyclic) bond motifs is 1. The van der Waals surface area contributed by atoms with Gasteiger partial charge in [-0.1, -0.05) is 12.1 Å². The Morgan fingerprint density at radius 1 is 0.935 bits per heavy atom. The standard InChI is InChI=1S/C21H21F3N4O3/c22-21(23,24)17-6-3-7-25-18(17)27-10-8-26(9-11-27)12-14(29)13-28-19(30)15-4-1-2-5-16(15)20(28)31/h1-7,14,29H,8-13H2. The minimum atomic E-state index is -4.48. The summed E-state index contributed by atoms with van der Waals surface area (Å²) in [5.74, 6) is -0.958. The summed E-state index contributed by atoms with van der Waals surface area (Å²) in [6.45, 7) is 1.56. The average molecular weight is 434 g/mol. The van der Waals surface area contributed by atoms with Crippen molar-refractivity contribution < 1.29 is 27.9 Å². The monoisotopic (exact) mass is 434 g/mol. The highest BCUT2D eigenvalue weighted by Gasteiger charge is 2.38. The number of piperazine rings is 1. The third kappa shape index (κ3) is 4.26. The van der Waals surface area contributed by atoms with Gasteiger partial charge in [0.1, 0.15) is 5.82 Å². The van der Waals surface area contributed by atoms with Gasteiger partial charge in [0.2, 0.25) is 0 Å². The molecule has 1 atom stereocenters. The van der Waals surface area contributed by atoms with Gasteiger partial charge >= 0.3 is 6.18 Å². The van der Waals surface area contributed by atoms with Gasteiger partial charge in [-0.05, 0) is 24.3 Å². The summed E-state index contributed by atoms with van der Waals surface area (Å²) in [7, 11) is 0. The van der Waals surface area contributed by atoms with E-state index in [1.165, 1.54) is 12.3 Å². The number of halogens is 3. The van der Waals surface area contributed by atoms with Gasteiger partial charge in [-0.3, -0.25) is 19.4 Å². The topological polar surface area (TPSA) is 77.0 Å². The second-order valence-corrected chi connectivity index (χ2v) is 7.58. The summed E-state index contributed by atoms with van der Waals surface area (Å²) in [5, 5.41) is 10.4. The number of β-amino-alcohol motifs (C(OH)–C–C–N with tert-alkyl or cyclic N) is 1. The minimum absolute atomic E-state index is 0.0961. The first-order chi connectivity index (χ1) is 14.8. The molecule has 2 aliphatic rings. The van der Waals surface area contributed by atoms with Crippen LogP contribution in [-0.2, 0) is 6.18 Å². The summed E-state index contributed by atoms with van der Waals surface area (Å²) < 4.78 is 39.7. The molecule has 0 spiro atoms. The number of rotatable bonds is 5. The molecule has 1 aromatic carbocycles. The Labute approximate surface area is 176 Å². The van der Waals surface area contributed by atoms with Crippen molar-refractivity contribution >= 4 is 17.6 Å². The van der Waals surface area contributed by atoms with Crippen LogP contribution in [0.15, 0.2) is 42.6 Å². The van der Waals surface area contributed by atoms with Crippen molar-refractivity contribution in [2.45, 2.75) is 12.3 Å². The lowest BCUT2D eigenvalue weighted by Crippen LogP contribution is -2.51. The maximum absolute atomic E-state index is 13.2. The van der Waals surface area contributed by atoms with Crippen molar-refractivity contribution in [1.29, 1.82) is 0 Å². The number of aliphatic hydroxyl groups excluding tert-OH is 1. The summed E-state index contributed by atoms with van der Waals surface area (Å²) in [5.41, 5.74) is -0.123. The van der Waals surface area contributed by atoms with Crippen LogP contribution in [0.2, 0.25) is 0 Å². The SMILES string of the molecule is O=C1c2ccccc2C(=O)N1CC(O)CN1CCN(c2ncccc2C(F)(F)F)CC1. The highest BCUT2D eigenvalue weighted by Crippen LogP contribution is 2.35. The lowest BCUT2D eigenvalue weighted by Gasteiger charge is -2.37. The number of hydrogen-bond donors (Lipinski definition) is 1. The van der Waals surface area contributed by atoms with Crippen LogP contribution in [0.5, 0.6) is 0 Å². The molecule has 31 heavy (non-hydrogen) atoms.